The highest BCUT2D eigenvalue weighted by atomic mass is 14.9. The quantitative estimate of drug-likeness (QED) is 0.842. The third-order valence-corrected chi connectivity index (χ3v) is 5.13. The van der Waals surface area contributed by atoms with Crippen LogP contribution >= 0.6 is 0 Å². The first kappa shape index (κ1) is 13.6. The molecule has 2 aromatic carbocycles. The fourth-order valence-corrected chi connectivity index (χ4v) is 3.71. The van der Waals surface area contributed by atoms with Crippen LogP contribution in [0.1, 0.15) is 38.7 Å². The molecule has 1 saturated carbocycles. The molecule has 1 aliphatic rings. The van der Waals surface area contributed by atoms with Gasteiger partial charge in [-0.3, -0.25) is 0 Å². The predicted molar refractivity (Wildman–Crippen MR) is 86.8 cm³/mol. The zero-order valence-electron chi connectivity index (χ0n) is 12.6. The molecule has 3 atom stereocenters. The van der Waals surface area contributed by atoms with Gasteiger partial charge in [0, 0.05) is 12.6 Å². The summed E-state index contributed by atoms with van der Waals surface area (Å²) in [6, 6.07) is 16.1. The number of benzene rings is 2. The smallest absolute Gasteiger partial charge is 0.0208 e. The summed E-state index contributed by atoms with van der Waals surface area (Å²) in [5.74, 6) is 1.74. The molecule has 3 unspecified atom stereocenters. The summed E-state index contributed by atoms with van der Waals surface area (Å²) >= 11 is 0. The molecule has 0 spiro atoms. The Morgan fingerprint density at radius 2 is 1.85 bits per heavy atom. The summed E-state index contributed by atoms with van der Waals surface area (Å²) in [5.41, 5.74) is 1.40. The number of fused-ring (bicyclic) bond motifs is 1. The Kier molecular flexibility index (Phi) is 4.07. The van der Waals surface area contributed by atoms with Gasteiger partial charge in [-0.2, -0.15) is 0 Å². The van der Waals surface area contributed by atoms with Gasteiger partial charge >= 0.3 is 0 Å². The van der Waals surface area contributed by atoms with E-state index in [2.05, 4.69) is 61.6 Å². The third-order valence-electron chi connectivity index (χ3n) is 5.13. The molecule has 0 amide bonds. The van der Waals surface area contributed by atoms with Gasteiger partial charge in [-0.1, -0.05) is 56.7 Å². The van der Waals surface area contributed by atoms with Crippen LogP contribution in [0.3, 0.4) is 0 Å². The molecule has 0 bridgehead atoms. The molecule has 1 fully saturated rings. The van der Waals surface area contributed by atoms with E-state index >= 15 is 0 Å². The lowest BCUT2D eigenvalue weighted by atomic mass is 9.93. The Bertz CT molecular complexity index is 575. The Balaban J connectivity index is 1.65. The summed E-state index contributed by atoms with van der Waals surface area (Å²) in [6.07, 6.45) is 4.07. The van der Waals surface area contributed by atoms with Crippen LogP contribution in [0.25, 0.3) is 10.8 Å². The summed E-state index contributed by atoms with van der Waals surface area (Å²) in [5, 5.41) is 6.45. The van der Waals surface area contributed by atoms with Crippen molar-refractivity contribution >= 4 is 10.8 Å². The minimum atomic E-state index is 0.700. The van der Waals surface area contributed by atoms with Crippen LogP contribution in [0, 0.1) is 11.8 Å². The molecule has 3 rings (SSSR count). The second-order valence-electron chi connectivity index (χ2n) is 6.27. The van der Waals surface area contributed by atoms with E-state index in [0.717, 1.165) is 18.4 Å². The minimum absolute atomic E-state index is 0.700. The molecule has 0 heterocycles. The standard InChI is InChI=1S/C19H25N/c1-3-16-10-11-19(14(16)2)20-13-15-8-9-17-6-4-5-7-18(17)12-15/h4-9,12,14,16,19-20H,3,10-11,13H2,1-2H3. The van der Waals surface area contributed by atoms with Crippen molar-refractivity contribution in [2.24, 2.45) is 11.8 Å². The second kappa shape index (κ2) is 5.97. The summed E-state index contributed by atoms with van der Waals surface area (Å²) in [7, 11) is 0. The Labute approximate surface area is 122 Å². The van der Waals surface area contributed by atoms with Crippen LogP contribution in [0.5, 0.6) is 0 Å². The molecule has 2 aromatic rings. The first-order valence-electron chi connectivity index (χ1n) is 7.99. The van der Waals surface area contributed by atoms with Crippen LogP contribution in [0.15, 0.2) is 42.5 Å². The van der Waals surface area contributed by atoms with Crippen molar-refractivity contribution in [3.8, 4) is 0 Å². The van der Waals surface area contributed by atoms with E-state index in [9.17, 15) is 0 Å². The van der Waals surface area contributed by atoms with Crippen LogP contribution in [-0.4, -0.2) is 6.04 Å². The van der Waals surface area contributed by atoms with Crippen molar-refractivity contribution < 1.29 is 0 Å². The lowest BCUT2D eigenvalue weighted by Crippen LogP contribution is -2.32. The maximum absolute atomic E-state index is 3.78. The van der Waals surface area contributed by atoms with E-state index in [0.29, 0.717) is 6.04 Å². The molecule has 1 heteroatoms. The lowest BCUT2D eigenvalue weighted by Gasteiger charge is -2.21. The van der Waals surface area contributed by atoms with Gasteiger partial charge in [-0.05, 0) is 47.1 Å². The average molecular weight is 267 g/mol. The van der Waals surface area contributed by atoms with Crippen molar-refractivity contribution in [2.45, 2.75) is 45.7 Å². The maximum atomic E-state index is 3.78. The molecule has 1 nitrogen and oxygen atoms in total. The SMILES string of the molecule is CCC1CCC(NCc2ccc3ccccc3c2)C1C. The fourth-order valence-electron chi connectivity index (χ4n) is 3.71. The number of rotatable bonds is 4. The van der Waals surface area contributed by atoms with Gasteiger partial charge < -0.3 is 5.32 Å². The van der Waals surface area contributed by atoms with E-state index in [1.807, 2.05) is 0 Å². The van der Waals surface area contributed by atoms with Crippen molar-refractivity contribution in [1.82, 2.24) is 5.32 Å². The summed E-state index contributed by atoms with van der Waals surface area (Å²) < 4.78 is 0. The molecule has 0 saturated heterocycles. The van der Waals surface area contributed by atoms with E-state index in [1.165, 1.54) is 35.6 Å². The van der Waals surface area contributed by atoms with Crippen LogP contribution in [0.2, 0.25) is 0 Å². The molecule has 0 aliphatic heterocycles. The second-order valence-corrected chi connectivity index (χ2v) is 6.27. The number of hydrogen-bond acceptors (Lipinski definition) is 1. The van der Waals surface area contributed by atoms with Gasteiger partial charge in [-0.25, -0.2) is 0 Å². The van der Waals surface area contributed by atoms with E-state index < -0.39 is 0 Å². The average Bonchev–Trinajstić information content (AvgIpc) is 2.85. The van der Waals surface area contributed by atoms with Gasteiger partial charge in [0.15, 0.2) is 0 Å². The first-order valence-corrected chi connectivity index (χ1v) is 7.99. The molecule has 0 radical (unpaired) electrons. The highest BCUT2D eigenvalue weighted by molar-refractivity contribution is 5.82. The Morgan fingerprint density at radius 3 is 2.60 bits per heavy atom. The number of nitrogens with one attached hydrogen (secondary N) is 1. The highest BCUT2D eigenvalue weighted by Crippen LogP contribution is 2.34. The van der Waals surface area contributed by atoms with Crippen molar-refractivity contribution in [1.29, 1.82) is 0 Å². The zero-order chi connectivity index (χ0) is 13.9. The first-order chi connectivity index (χ1) is 9.78. The highest BCUT2D eigenvalue weighted by Gasteiger charge is 2.30. The van der Waals surface area contributed by atoms with Crippen LogP contribution in [0.4, 0.5) is 0 Å². The monoisotopic (exact) mass is 267 g/mol. The van der Waals surface area contributed by atoms with E-state index in [4.69, 9.17) is 0 Å². The topological polar surface area (TPSA) is 12.0 Å². The van der Waals surface area contributed by atoms with Gasteiger partial charge in [0.1, 0.15) is 0 Å². The van der Waals surface area contributed by atoms with E-state index in [-0.39, 0.29) is 0 Å². The summed E-state index contributed by atoms with van der Waals surface area (Å²) in [4.78, 5) is 0. The minimum Gasteiger partial charge on any atom is -0.310 e. The van der Waals surface area contributed by atoms with E-state index in [1.54, 1.807) is 0 Å². The molecule has 0 aromatic heterocycles. The third kappa shape index (κ3) is 2.73. The normalized spacial score (nSPS) is 26.2. The molecular formula is C19H25N. The fraction of sp³-hybridized carbons (Fsp3) is 0.474. The van der Waals surface area contributed by atoms with Gasteiger partial charge in [0.2, 0.25) is 0 Å². The summed E-state index contributed by atoms with van der Waals surface area (Å²) in [6.45, 7) is 5.74. The number of hydrogen-bond donors (Lipinski definition) is 1. The van der Waals surface area contributed by atoms with Crippen molar-refractivity contribution in [2.75, 3.05) is 0 Å². The van der Waals surface area contributed by atoms with Crippen LogP contribution in [-0.2, 0) is 6.54 Å². The van der Waals surface area contributed by atoms with Gasteiger partial charge in [-0.15, -0.1) is 0 Å². The zero-order valence-corrected chi connectivity index (χ0v) is 12.6. The van der Waals surface area contributed by atoms with Crippen molar-refractivity contribution in [3.05, 3.63) is 48.0 Å². The molecular weight excluding hydrogens is 242 g/mol. The van der Waals surface area contributed by atoms with Gasteiger partial charge in [0.05, 0.1) is 0 Å². The van der Waals surface area contributed by atoms with Gasteiger partial charge in [0.25, 0.3) is 0 Å². The Hall–Kier alpha value is -1.34. The molecule has 20 heavy (non-hydrogen) atoms. The molecule has 1 N–H and O–H groups in total. The maximum Gasteiger partial charge on any atom is 0.0208 e. The Morgan fingerprint density at radius 1 is 1.05 bits per heavy atom. The van der Waals surface area contributed by atoms with Crippen molar-refractivity contribution in [3.63, 3.8) is 0 Å². The lowest BCUT2D eigenvalue weighted by molar-refractivity contribution is 0.344. The molecule has 1 aliphatic carbocycles. The molecule has 106 valence electrons. The largest absolute Gasteiger partial charge is 0.310 e. The van der Waals surface area contributed by atoms with Crippen LogP contribution < -0.4 is 5.32 Å². The predicted octanol–water partition coefficient (Wildman–Crippen LogP) is 4.75.